The molecule has 0 radical (unpaired) electrons. The Bertz CT molecular complexity index is 746. The van der Waals surface area contributed by atoms with Crippen molar-refractivity contribution in [3.8, 4) is 11.1 Å². The lowest BCUT2D eigenvalue weighted by Gasteiger charge is -2.21. The minimum absolute atomic E-state index is 0.144. The molecular weight excluding hydrogens is 238 g/mol. The Morgan fingerprint density at radius 3 is 2.58 bits per heavy atom. The predicted octanol–water partition coefficient (Wildman–Crippen LogP) is 3.22. The molecule has 1 N–H and O–H groups in total. The monoisotopic (exact) mass is 249 g/mol. The molecule has 0 saturated carbocycles. The third kappa shape index (κ3) is 1.22. The van der Waals surface area contributed by atoms with Crippen LogP contribution in [0.5, 0.6) is 0 Å². The second-order valence-corrected chi connectivity index (χ2v) is 4.99. The zero-order chi connectivity index (χ0) is 13.0. The van der Waals surface area contributed by atoms with Crippen molar-refractivity contribution in [1.29, 1.82) is 0 Å². The number of ketones is 1. The van der Waals surface area contributed by atoms with E-state index in [0.29, 0.717) is 12.0 Å². The Balaban J connectivity index is 2.08. The van der Waals surface area contributed by atoms with Crippen LogP contribution in [0, 0.1) is 0 Å². The molecule has 0 bridgehead atoms. The standard InChI is InChI=1S/C16H11NO2/c18-16-12-7-3-6-11-9-4-1-2-5-10(9)13(15(11)12)8-14(16)17-19/h1-7,13,19H,8H2/b17-14+/t13-/m0/s1. The van der Waals surface area contributed by atoms with E-state index >= 15 is 0 Å². The molecule has 19 heavy (non-hydrogen) atoms. The molecule has 0 amide bonds. The SMILES string of the molecule is O=C1/C(=N/O)C[C@H]2c3ccccc3-c3cccc1c32. The lowest BCUT2D eigenvalue weighted by atomic mass is 9.80. The van der Waals surface area contributed by atoms with Crippen molar-refractivity contribution < 1.29 is 10.0 Å². The summed E-state index contributed by atoms with van der Waals surface area (Å²) in [6, 6.07) is 14.0. The second-order valence-electron chi connectivity index (χ2n) is 4.99. The highest BCUT2D eigenvalue weighted by Crippen LogP contribution is 2.49. The largest absolute Gasteiger partial charge is 0.411 e. The van der Waals surface area contributed by atoms with Gasteiger partial charge in [0.1, 0.15) is 5.71 Å². The summed E-state index contributed by atoms with van der Waals surface area (Å²) in [4.78, 5) is 12.2. The third-order valence-corrected chi connectivity index (χ3v) is 4.11. The van der Waals surface area contributed by atoms with Gasteiger partial charge in [0.2, 0.25) is 5.78 Å². The summed E-state index contributed by atoms with van der Waals surface area (Å²) in [5.74, 6) is -0.00518. The third-order valence-electron chi connectivity index (χ3n) is 4.11. The summed E-state index contributed by atoms with van der Waals surface area (Å²) in [7, 11) is 0. The number of carbonyl (C=O) groups excluding carboxylic acids is 1. The Morgan fingerprint density at radius 2 is 1.74 bits per heavy atom. The van der Waals surface area contributed by atoms with Gasteiger partial charge in [0, 0.05) is 17.9 Å². The van der Waals surface area contributed by atoms with Gasteiger partial charge in [0.05, 0.1) is 0 Å². The molecule has 2 aromatic carbocycles. The summed E-state index contributed by atoms with van der Waals surface area (Å²) in [6.07, 6.45) is 0.483. The van der Waals surface area contributed by atoms with Crippen LogP contribution in [-0.2, 0) is 0 Å². The van der Waals surface area contributed by atoms with Crippen molar-refractivity contribution in [3.63, 3.8) is 0 Å². The normalized spacial score (nSPS) is 21.4. The van der Waals surface area contributed by atoms with Crippen LogP contribution in [0.1, 0.15) is 33.8 Å². The van der Waals surface area contributed by atoms with Crippen LogP contribution in [-0.4, -0.2) is 16.7 Å². The summed E-state index contributed by atoms with van der Waals surface area (Å²) < 4.78 is 0. The van der Waals surface area contributed by atoms with Crippen LogP contribution in [0.3, 0.4) is 0 Å². The van der Waals surface area contributed by atoms with Gasteiger partial charge >= 0.3 is 0 Å². The van der Waals surface area contributed by atoms with Crippen molar-refractivity contribution in [3.05, 3.63) is 59.2 Å². The number of rotatable bonds is 0. The number of hydrogen-bond acceptors (Lipinski definition) is 3. The number of nitrogens with zero attached hydrogens (tertiary/aromatic N) is 1. The molecule has 1 atom stereocenters. The van der Waals surface area contributed by atoms with Crippen LogP contribution in [0.15, 0.2) is 47.6 Å². The molecule has 3 heteroatoms. The first-order valence-corrected chi connectivity index (χ1v) is 6.29. The molecule has 0 heterocycles. The van der Waals surface area contributed by atoms with Crippen molar-refractivity contribution in [2.45, 2.75) is 12.3 Å². The van der Waals surface area contributed by atoms with Crippen molar-refractivity contribution in [1.82, 2.24) is 0 Å². The predicted molar refractivity (Wildman–Crippen MR) is 71.9 cm³/mol. The van der Waals surface area contributed by atoms with E-state index in [-0.39, 0.29) is 17.4 Å². The topological polar surface area (TPSA) is 49.7 Å². The van der Waals surface area contributed by atoms with Crippen LogP contribution >= 0.6 is 0 Å². The average molecular weight is 249 g/mol. The number of oxime groups is 1. The highest BCUT2D eigenvalue weighted by atomic mass is 16.4. The van der Waals surface area contributed by atoms with Gasteiger partial charge in [-0.1, -0.05) is 47.6 Å². The molecule has 0 saturated heterocycles. The van der Waals surface area contributed by atoms with E-state index in [1.165, 1.54) is 11.1 Å². The van der Waals surface area contributed by atoms with Gasteiger partial charge in [-0.25, -0.2) is 0 Å². The number of fused-ring (bicyclic) bond motifs is 3. The second kappa shape index (κ2) is 3.54. The summed E-state index contributed by atoms with van der Waals surface area (Å²) >= 11 is 0. The summed E-state index contributed by atoms with van der Waals surface area (Å²) in [5, 5.41) is 12.2. The molecule has 3 nitrogen and oxygen atoms in total. The highest BCUT2D eigenvalue weighted by molar-refractivity contribution is 6.47. The maximum Gasteiger partial charge on any atom is 0.210 e. The molecule has 2 aliphatic carbocycles. The Labute approximate surface area is 110 Å². The smallest absolute Gasteiger partial charge is 0.210 e. The fourth-order valence-electron chi connectivity index (χ4n) is 3.31. The van der Waals surface area contributed by atoms with Crippen LogP contribution in [0.4, 0.5) is 0 Å². The molecule has 0 spiro atoms. The zero-order valence-electron chi connectivity index (χ0n) is 10.1. The van der Waals surface area contributed by atoms with Gasteiger partial charge in [0.25, 0.3) is 0 Å². The Morgan fingerprint density at radius 1 is 1.00 bits per heavy atom. The number of carbonyl (C=O) groups is 1. The quantitative estimate of drug-likeness (QED) is 0.575. The minimum atomic E-state index is -0.150. The van der Waals surface area contributed by atoms with Gasteiger partial charge in [-0.05, 0) is 22.3 Å². The summed E-state index contributed by atoms with van der Waals surface area (Å²) in [6.45, 7) is 0. The van der Waals surface area contributed by atoms with Gasteiger partial charge in [0.15, 0.2) is 0 Å². The number of benzene rings is 2. The van der Waals surface area contributed by atoms with E-state index in [4.69, 9.17) is 5.21 Å². The maximum atomic E-state index is 12.2. The van der Waals surface area contributed by atoms with E-state index in [1.54, 1.807) is 0 Å². The average Bonchev–Trinajstić information content (AvgIpc) is 2.78. The maximum absolute atomic E-state index is 12.2. The zero-order valence-corrected chi connectivity index (χ0v) is 10.1. The summed E-state index contributed by atoms with van der Waals surface area (Å²) in [5.41, 5.74) is 5.59. The lowest BCUT2D eigenvalue weighted by molar-refractivity contribution is 0.105. The first-order valence-electron chi connectivity index (χ1n) is 6.29. The fraction of sp³-hybridized carbons (Fsp3) is 0.125. The first kappa shape index (κ1) is 10.5. The molecule has 0 aliphatic heterocycles. The first-order chi connectivity index (χ1) is 9.31. The molecule has 4 rings (SSSR count). The van der Waals surface area contributed by atoms with Gasteiger partial charge < -0.3 is 5.21 Å². The molecule has 0 aromatic heterocycles. The Hall–Kier alpha value is -2.42. The lowest BCUT2D eigenvalue weighted by Crippen LogP contribution is -2.25. The molecule has 0 fully saturated rings. The highest BCUT2D eigenvalue weighted by Gasteiger charge is 2.38. The van der Waals surface area contributed by atoms with Gasteiger partial charge in [-0.2, -0.15) is 0 Å². The molecule has 2 aromatic rings. The van der Waals surface area contributed by atoms with Crippen LogP contribution in [0.25, 0.3) is 11.1 Å². The minimum Gasteiger partial charge on any atom is -0.411 e. The van der Waals surface area contributed by atoms with E-state index in [1.807, 2.05) is 24.3 Å². The van der Waals surface area contributed by atoms with E-state index in [9.17, 15) is 4.79 Å². The molecular formula is C16H11NO2. The number of hydrogen-bond donors (Lipinski definition) is 1. The van der Waals surface area contributed by atoms with E-state index in [2.05, 4.69) is 23.4 Å². The van der Waals surface area contributed by atoms with E-state index in [0.717, 1.165) is 11.1 Å². The van der Waals surface area contributed by atoms with Crippen molar-refractivity contribution >= 4 is 11.5 Å². The Kier molecular flexibility index (Phi) is 1.96. The van der Waals surface area contributed by atoms with Gasteiger partial charge in [-0.15, -0.1) is 0 Å². The van der Waals surface area contributed by atoms with Crippen molar-refractivity contribution in [2.75, 3.05) is 0 Å². The molecule has 2 aliphatic rings. The van der Waals surface area contributed by atoms with E-state index < -0.39 is 0 Å². The fourth-order valence-corrected chi connectivity index (χ4v) is 3.31. The number of Topliss-reactive ketones (excluding diaryl/α,β-unsaturated/α-hetero) is 1. The molecule has 0 unspecified atom stereocenters. The van der Waals surface area contributed by atoms with Crippen LogP contribution in [0.2, 0.25) is 0 Å². The van der Waals surface area contributed by atoms with Crippen molar-refractivity contribution in [2.24, 2.45) is 5.16 Å². The van der Waals surface area contributed by atoms with Crippen LogP contribution < -0.4 is 0 Å². The van der Waals surface area contributed by atoms with Gasteiger partial charge in [-0.3, -0.25) is 4.79 Å². The molecule has 92 valence electrons.